The number of carboxylic acids is 1. The van der Waals surface area contributed by atoms with Crippen LogP contribution in [0.15, 0.2) is 10.9 Å². The Balaban J connectivity index is 1.93. The van der Waals surface area contributed by atoms with E-state index >= 15 is 0 Å². The minimum atomic E-state index is -0.778. The average Bonchev–Trinajstić information content (AvgIpc) is 2.90. The Morgan fingerprint density at radius 2 is 2.21 bits per heavy atom. The predicted octanol–water partition coefficient (Wildman–Crippen LogP) is 1.99. The van der Waals surface area contributed by atoms with Gasteiger partial charge in [-0.25, -0.2) is 4.98 Å². The number of nitrogens with zero attached hydrogens (tertiary/aromatic N) is 2. The number of hydrogen-bond acceptors (Lipinski definition) is 4. The summed E-state index contributed by atoms with van der Waals surface area (Å²) in [6.07, 6.45) is 2.77. The fourth-order valence-corrected chi connectivity index (χ4v) is 3.14. The molecular formula is C13H18N2O3S. The van der Waals surface area contributed by atoms with Crippen LogP contribution >= 0.6 is 11.3 Å². The maximum atomic E-state index is 12.3. The van der Waals surface area contributed by atoms with Gasteiger partial charge in [-0.05, 0) is 19.3 Å². The zero-order valence-corrected chi connectivity index (χ0v) is 11.7. The topological polar surface area (TPSA) is 70.5 Å². The van der Waals surface area contributed by atoms with Crippen LogP contribution in [-0.2, 0) is 16.1 Å². The van der Waals surface area contributed by atoms with Crippen LogP contribution in [0.25, 0.3) is 0 Å². The largest absolute Gasteiger partial charge is 0.481 e. The summed E-state index contributed by atoms with van der Waals surface area (Å²) in [6, 6.07) is 0. The van der Waals surface area contributed by atoms with Crippen LogP contribution < -0.4 is 0 Å². The average molecular weight is 282 g/mol. The highest BCUT2D eigenvalue weighted by atomic mass is 32.1. The van der Waals surface area contributed by atoms with Crippen LogP contribution in [0.4, 0.5) is 0 Å². The molecule has 1 aliphatic rings. The summed E-state index contributed by atoms with van der Waals surface area (Å²) in [7, 11) is 1.76. The van der Waals surface area contributed by atoms with Crippen molar-refractivity contribution >= 4 is 23.2 Å². The van der Waals surface area contributed by atoms with Gasteiger partial charge in [-0.2, -0.15) is 0 Å². The van der Waals surface area contributed by atoms with Crippen LogP contribution in [0.5, 0.6) is 0 Å². The Hall–Kier alpha value is -1.43. The zero-order chi connectivity index (χ0) is 13.8. The molecule has 0 saturated heterocycles. The van der Waals surface area contributed by atoms with Gasteiger partial charge in [-0.3, -0.25) is 9.59 Å². The van der Waals surface area contributed by atoms with E-state index in [2.05, 4.69) is 4.98 Å². The molecule has 1 N–H and O–H groups in total. The SMILES string of the molecule is CN(Cc1cscn1)C(=O)C1CCCC(C(=O)O)C1. The third kappa shape index (κ3) is 3.53. The van der Waals surface area contributed by atoms with Crippen molar-refractivity contribution in [1.29, 1.82) is 0 Å². The summed E-state index contributed by atoms with van der Waals surface area (Å²) in [5, 5.41) is 11.0. The molecular weight excluding hydrogens is 264 g/mol. The number of hydrogen-bond donors (Lipinski definition) is 1. The lowest BCUT2D eigenvalue weighted by molar-refractivity contribution is -0.145. The maximum Gasteiger partial charge on any atom is 0.306 e. The smallest absolute Gasteiger partial charge is 0.306 e. The van der Waals surface area contributed by atoms with Gasteiger partial charge in [0.1, 0.15) is 0 Å². The van der Waals surface area contributed by atoms with E-state index in [1.165, 1.54) is 11.3 Å². The molecule has 5 nitrogen and oxygen atoms in total. The van der Waals surface area contributed by atoms with Gasteiger partial charge >= 0.3 is 5.97 Å². The third-order valence-corrected chi connectivity index (χ3v) is 4.27. The van der Waals surface area contributed by atoms with E-state index < -0.39 is 5.97 Å². The molecule has 0 spiro atoms. The summed E-state index contributed by atoms with van der Waals surface area (Å²) >= 11 is 1.51. The molecule has 0 radical (unpaired) electrons. The minimum Gasteiger partial charge on any atom is -0.481 e. The highest BCUT2D eigenvalue weighted by Crippen LogP contribution is 2.30. The molecule has 0 aliphatic heterocycles. The van der Waals surface area contributed by atoms with Crippen LogP contribution in [0.1, 0.15) is 31.4 Å². The van der Waals surface area contributed by atoms with E-state index in [1.54, 1.807) is 17.5 Å². The molecule has 2 atom stereocenters. The first-order valence-electron chi connectivity index (χ1n) is 6.42. The number of aromatic nitrogens is 1. The van der Waals surface area contributed by atoms with Gasteiger partial charge in [-0.15, -0.1) is 11.3 Å². The minimum absolute atomic E-state index is 0.0407. The summed E-state index contributed by atoms with van der Waals surface area (Å²) in [4.78, 5) is 29.1. The molecule has 19 heavy (non-hydrogen) atoms. The Morgan fingerprint density at radius 1 is 1.47 bits per heavy atom. The number of carboxylic acid groups (broad SMARTS) is 1. The van der Waals surface area contributed by atoms with Crippen molar-refractivity contribution in [3.8, 4) is 0 Å². The summed E-state index contributed by atoms with van der Waals surface area (Å²) in [5.74, 6) is -1.26. The highest BCUT2D eigenvalue weighted by Gasteiger charge is 2.32. The van der Waals surface area contributed by atoms with E-state index in [0.29, 0.717) is 19.4 Å². The number of amides is 1. The number of carbonyl (C=O) groups excluding carboxylic acids is 1. The first-order chi connectivity index (χ1) is 9.08. The summed E-state index contributed by atoms with van der Waals surface area (Å²) in [6.45, 7) is 0.497. The number of aliphatic carboxylic acids is 1. The van der Waals surface area contributed by atoms with Crippen LogP contribution in [0.3, 0.4) is 0 Å². The summed E-state index contributed by atoms with van der Waals surface area (Å²) in [5.41, 5.74) is 2.63. The van der Waals surface area contributed by atoms with Crippen molar-refractivity contribution in [1.82, 2.24) is 9.88 Å². The second-order valence-electron chi connectivity index (χ2n) is 5.07. The number of thiazole rings is 1. The molecule has 104 valence electrons. The monoisotopic (exact) mass is 282 g/mol. The van der Waals surface area contributed by atoms with Crippen molar-refractivity contribution in [2.75, 3.05) is 7.05 Å². The van der Waals surface area contributed by atoms with E-state index in [-0.39, 0.29) is 17.7 Å². The Bertz CT molecular complexity index is 447. The fourth-order valence-electron chi connectivity index (χ4n) is 2.59. The first-order valence-corrected chi connectivity index (χ1v) is 7.37. The Labute approximate surface area is 116 Å². The second-order valence-corrected chi connectivity index (χ2v) is 5.79. The van der Waals surface area contributed by atoms with Gasteiger partial charge in [0, 0.05) is 18.3 Å². The van der Waals surface area contributed by atoms with Crippen molar-refractivity contribution in [3.05, 3.63) is 16.6 Å². The molecule has 1 aromatic rings. The quantitative estimate of drug-likeness (QED) is 0.917. The van der Waals surface area contributed by atoms with Crippen LogP contribution in [0, 0.1) is 11.8 Å². The lowest BCUT2D eigenvalue weighted by Gasteiger charge is -2.29. The number of carbonyl (C=O) groups is 2. The molecule has 1 saturated carbocycles. The zero-order valence-electron chi connectivity index (χ0n) is 10.9. The maximum absolute atomic E-state index is 12.3. The van der Waals surface area contributed by atoms with Crippen LogP contribution in [-0.4, -0.2) is 33.9 Å². The molecule has 1 aromatic heterocycles. The Kier molecular flexibility index (Phi) is 4.52. The summed E-state index contributed by atoms with van der Waals surface area (Å²) < 4.78 is 0. The van der Waals surface area contributed by atoms with Gasteiger partial charge in [0.05, 0.1) is 23.7 Å². The van der Waals surface area contributed by atoms with Gasteiger partial charge in [0.25, 0.3) is 0 Å². The Morgan fingerprint density at radius 3 is 2.84 bits per heavy atom. The van der Waals surface area contributed by atoms with Gasteiger partial charge in [0.2, 0.25) is 5.91 Å². The first kappa shape index (κ1) is 14.0. The van der Waals surface area contributed by atoms with Crippen molar-refractivity contribution in [2.24, 2.45) is 11.8 Å². The molecule has 2 rings (SSSR count). The molecule has 1 heterocycles. The van der Waals surface area contributed by atoms with E-state index in [4.69, 9.17) is 5.11 Å². The number of rotatable bonds is 4. The standard InChI is InChI=1S/C13H18N2O3S/c1-15(6-11-7-19-8-14-11)12(16)9-3-2-4-10(5-9)13(17)18/h7-10H,2-6H2,1H3,(H,17,18). The van der Waals surface area contributed by atoms with Gasteiger partial charge < -0.3 is 10.0 Å². The molecule has 2 unspecified atom stereocenters. The predicted molar refractivity (Wildman–Crippen MR) is 71.7 cm³/mol. The lowest BCUT2D eigenvalue weighted by Crippen LogP contribution is -2.36. The molecule has 1 aliphatic carbocycles. The molecule has 6 heteroatoms. The molecule has 1 fully saturated rings. The second kappa shape index (κ2) is 6.14. The van der Waals surface area contributed by atoms with Crippen molar-refractivity contribution in [3.63, 3.8) is 0 Å². The van der Waals surface area contributed by atoms with E-state index in [0.717, 1.165) is 18.5 Å². The molecule has 1 amide bonds. The van der Waals surface area contributed by atoms with Gasteiger partial charge in [0.15, 0.2) is 0 Å². The highest BCUT2D eigenvalue weighted by molar-refractivity contribution is 7.07. The third-order valence-electron chi connectivity index (χ3n) is 3.63. The molecule has 0 aromatic carbocycles. The van der Waals surface area contributed by atoms with Crippen LogP contribution in [0.2, 0.25) is 0 Å². The van der Waals surface area contributed by atoms with Crippen molar-refractivity contribution in [2.45, 2.75) is 32.2 Å². The normalized spacial score (nSPS) is 23.0. The van der Waals surface area contributed by atoms with E-state index in [9.17, 15) is 9.59 Å². The van der Waals surface area contributed by atoms with E-state index in [1.807, 2.05) is 5.38 Å². The lowest BCUT2D eigenvalue weighted by atomic mass is 9.81. The van der Waals surface area contributed by atoms with Crippen molar-refractivity contribution < 1.29 is 14.7 Å². The molecule has 0 bridgehead atoms. The van der Waals surface area contributed by atoms with Gasteiger partial charge in [-0.1, -0.05) is 6.42 Å². The fraction of sp³-hybridized carbons (Fsp3) is 0.615.